The molecule has 82 valence electrons. The van der Waals surface area contributed by atoms with Gasteiger partial charge in [0.15, 0.2) is 0 Å². The lowest BCUT2D eigenvalue weighted by Gasteiger charge is -2.05. The van der Waals surface area contributed by atoms with Gasteiger partial charge in [-0.3, -0.25) is 4.79 Å². The Morgan fingerprint density at radius 2 is 2.27 bits per heavy atom. The van der Waals surface area contributed by atoms with Gasteiger partial charge in [0.2, 0.25) is 0 Å². The molecule has 0 radical (unpaired) electrons. The first-order valence-electron chi connectivity index (χ1n) is 5.07. The molecule has 3 nitrogen and oxygen atoms in total. The van der Waals surface area contributed by atoms with Gasteiger partial charge < -0.3 is 9.84 Å². The molecule has 0 unspecified atom stereocenters. The van der Waals surface area contributed by atoms with Gasteiger partial charge in [0.05, 0.1) is 13.2 Å². The summed E-state index contributed by atoms with van der Waals surface area (Å²) in [4.78, 5) is 10.7. The van der Waals surface area contributed by atoms with E-state index >= 15 is 0 Å². The first-order chi connectivity index (χ1) is 7.31. The summed E-state index contributed by atoms with van der Waals surface area (Å²) in [7, 11) is 0. The van der Waals surface area contributed by atoms with Crippen LogP contribution in [0.5, 0.6) is 0 Å². The Kier molecular flexibility index (Phi) is 5.01. The van der Waals surface area contributed by atoms with E-state index in [0.29, 0.717) is 24.3 Å². The summed E-state index contributed by atoms with van der Waals surface area (Å²) in [6.45, 7) is 3.22. The van der Waals surface area contributed by atoms with E-state index in [9.17, 15) is 4.79 Å². The Balaban J connectivity index is 2.70. The second kappa shape index (κ2) is 6.32. The summed E-state index contributed by atoms with van der Waals surface area (Å²) < 4.78 is 5.23. The van der Waals surface area contributed by atoms with Gasteiger partial charge in [-0.2, -0.15) is 0 Å². The predicted octanol–water partition coefficient (Wildman–Crippen LogP) is 1.57. The molecule has 0 saturated heterocycles. The molecule has 1 rings (SSSR count). The summed E-state index contributed by atoms with van der Waals surface area (Å²) in [6, 6.07) is 5.50. The quantitative estimate of drug-likeness (QED) is 0.570. The van der Waals surface area contributed by atoms with Gasteiger partial charge in [-0.1, -0.05) is 12.1 Å². The fraction of sp³-hybridized carbons (Fsp3) is 0.417. The highest BCUT2D eigenvalue weighted by Gasteiger charge is 2.02. The zero-order valence-electron chi connectivity index (χ0n) is 8.90. The van der Waals surface area contributed by atoms with E-state index < -0.39 is 0 Å². The highest BCUT2D eigenvalue weighted by atomic mass is 16.5. The van der Waals surface area contributed by atoms with Crippen molar-refractivity contribution < 1.29 is 14.6 Å². The topological polar surface area (TPSA) is 46.5 Å². The Morgan fingerprint density at radius 1 is 1.47 bits per heavy atom. The van der Waals surface area contributed by atoms with Gasteiger partial charge in [0.1, 0.15) is 6.29 Å². The molecule has 0 fully saturated rings. The Morgan fingerprint density at radius 3 is 2.87 bits per heavy atom. The van der Waals surface area contributed by atoms with Gasteiger partial charge in [0.25, 0.3) is 0 Å². The van der Waals surface area contributed by atoms with Crippen molar-refractivity contribution >= 4 is 6.29 Å². The Bertz CT molecular complexity index is 321. The highest BCUT2D eigenvalue weighted by Crippen LogP contribution is 2.11. The van der Waals surface area contributed by atoms with Crippen LogP contribution in [0.2, 0.25) is 0 Å². The third kappa shape index (κ3) is 3.46. The van der Waals surface area contributed by atoms with Crippen LogP contribution in [0.25, 0.3) is 0 Å². The van der Waals surface area contributed by atoms with Crippen molar-refractivity contribution in [3.63, 3.8) is 0 Å². The van der Waals surface area contributed by atoms with E-state index in [1.54, 1.807) is 12.1 Å². The van der Waals surface area contributed by atoms with E-state index in [-0.39, 0.29) is 6.61 Å². The minimum Gasteiger partial charge on any atom is -0.392 e. The van der Waals surface area contributed by atoms with E-state index in [1.807, 2.05) is 13.0 Å². The SMILES string of the molecule is CCOCCc1ccc(CO)c(C=O)c1. The third-order valence-electron chi connectivity index (χ3n) is 2.25. The molecule has 0 atom stereocenters. The van der Waals surface area contributed by atoms with E-state index in [0.717, 1.165) is 18.3 Å². The summed E-state index contributed by atoms with van der Waals surface area (Å²) >= 11 is 0. The van der Waals surface area contributed by atoms with E-state index in [1.165, 1.54) is 0 Å². The summed E-state index contributed by atoms with van der Waals surface area (Å²) in [5, 5.41) is 8.97. The van der Waals surface area contributed by atoms with Gasteiger partial charge >= 0.3 is 0 Å². The molecule has 0 amide bonds. The van der Waals surface area contributed by atoms with Gasteiger partial charge in [-0.05, 0) is 30.5 Å². The van der Waals surface area contributed by atoms with Crippen molar-refractivity contribution in [1.29, 1.82) is 0 Å². The second-order valence-corrected chi connectivity index (χ2v) is 3.26. The highest BCUT2D eigenvalue weighted by molar-refractivity contribution is 5.77. The van der Waals surface area contributed by atoms with Crippen LogP contribution in [-0.4, -0.2) is 24.6 Å². The summed E-state index contributed by atoms with van der Waals surface area (Å²) in [5.41, 5.74) is 2.29. The minimum absolute atomic E-state index is 0.0974. The van der Waals surface area contributed by atoms with Crippen LogP contribution in [0, 0.1) is 0 Å². The molecular formula is C12H16O3. The lowest BCUT2D eigenvalue weighted by molar-refractivity contribution is 0.112. The number of benzene rings is 1. The minimum atomic E-state index is -0.0974. The van der Waals surface area contributed by atoms with Crippen LogP contribution < -0.4 is 0 Å². The van der Waals surface area contributed by atoms with Crippen LogP contribution in [0.1, 0.15) is 28.4 Å². The van der Waals surface area contributed by atoms with Crippen molar-refractivity contribution in [2.75, 3.05) is 13.2 Å². The lowest BCUT2D eigenvalue weighted by atomic mass is 10.0. The Labute approximate surface area is 89.7 Å². The van der Waals surface area contributed by atoms with Crippen molar-refractivity contribution in [3.05, 3.63) is 34.9 Å². The number of carbonyl (C=O) groups excluding carboxylic acids is 1. The zero-order chi connectivity index (χ0) is 11.1. The zero-order valence-corrected chi connectivity index (χ0v) is 8.90. The number of rotatable bonds is 6. The number of aliphatic hydroxyl groups is 1. The monoisotopic (exact) mass is 208 g/mol. The average Bonchev–Trinajstić information content (AvgIpc) is 2.29. The number of ether oxygens (including phenoxy) is 1. The first-order valence-corrected chi connectivity index (χ1v) is 5.07. The number of aldehydes is 1. The maximum atomic E-state index is 10.7. The van der Waals surface area contributed by atoms with Crippen molar-refractivity contribution in [2.45, 2.75) is 20.0 Å². The van der Waals surface area contributed by atoms with Crippen LogP contribution in [0.15, 0.2) is 18.2 Å². The van der Waals surface area contributed by atoms with Crippen LogP contribution in [0.4, 0.5) is 0 Å². The van der Waals surface area contributed by atoms with Crippen molar-refractivity contribution in [1.82, 2.24) is 0 Å². The van der Waals surface area contributed by atoms with Crippen LogP contribution in [0.3, 0.4) is 0 Å². The number of hydrogen-bond acceptors (Lipinski definition) is 3. The number of hydrogen-bond donors (Lipinski definition) is 1. The number of carbonyl (C=O) groups is 1. The fourth-order valence-electron chi connectivity index (χ4n) is 1.39. The smallest absolute Gasteiger partial charge is 0.150 e. The molecule has 0 aromatic heterocycles. The molecule has 0 aliphatic rings. The molecule has 0 saturated carbocycles. The molecule has 0 aliphatic carbocycles. The maximum absolute atomic E-state index is 10.7. The normalized spacial score (nSPS) is 10.3. The number of aliphatic hydroxyl groups excluding tert-OH is 1. The molecule has 1 aromatic rings. The molecule has 0 bridgehead atoms. The summed E-state index contributed by atoms with van der Waals surface area (Å²) in [5.74, 6) is 0. The molecule has 1 N–H and O–H groups in total. The molecular weight excluding hydrogens is 192 g/mol. The molecule has 3 heteroatoms. The van der Waals surface area contributed by atoms with Crippen molar-refractivity contribution in [3.8, 4) is 0 Å². The fourth-order valence-corrected chi connectivity index (χ4v) is 1.39. The molecule has 0 heterocycles. The molecule has 0 spiro atoms. The third-order valence-corrected chi connectivity index (χ3v) is 2.25. The average molecular weight is 208 g/mol. The van der Waals surface area contributed by atoms with Gasteiger partial charge in [-0.25, -0.2) is 0 Å². The van der Waals surface area contributed by atoms with Gasteiger partial charge in [-0.15, -0.1) is 0 Å². The first kappa shape index (κ1) is 11.9. The lowest BCUT2D eigenvalue weighted by Crippen LogP contribution is -2.00. The van der Waals surface area contributed by atoms with Gasteiger partial charge in [0, 0.05) is 12.2 Å². The van der Waals surface area contributed by atoms with E-state index in [4.69, 9.17) is 9.84 Å². The van der Waals surface area contributed by atoms with E-state index in [2.05, 4.69) is 0 Å². The molecule has 0 aliphatic heterocycles. The standard InChI is InChI=1S/C12H16O3/c1-2-15-6-5-10-3-4-11(8-13)12(7-10)9-14/h3-4,7,9,13H,2,5-6,8H2,1H3. The predicted molar refractivity (Wildman–Crippen MR) is 57.9 cm³/mol. The van der Waals surface area contributed by atoms with Crippen LogP contribution in [-0.2, 0) is 17.8 Å². The van der Waals surface area contributed by atoms with Crippen LogP contribution >= 0.6 is 0 Å². The largest absolute Gasteiger partial charge is 0.392 e. The summed E-state index contributed by atoms with van der Waals surface area (Å²) in [6.07, 6.45) is 1.57. The molecule has 1 aromatic carbocycles. The Hall–Kier alpha value is -1.19. The molecule has 15 heavy (non-hydrogen) atoms. The maximum Gasteiger partial charge on any atom is 0.150 e. The second-order valence-electron chi connectivity index (χ2n) is 3.26. The van der Waals surface area contributed by atoms with Crippen molar-refractivity contribution in [2.24, 2.45) is 0 Å².